The van der Waals surface area contributed by atoms with Crippen LogP contribution in [0.4, 0.5) is 13.9 Å². The number of alkyl halides is 2. The Morgan fingerprint density at radius 3 is 2.56 bits per heavy atom. The number of amides is 1. The molecule has 9 nitrogen and oxygen atoms in total. The fourth-order valence-electron chi connectivity index (χ4n) is 5.15. The number of aromatic nitrogens is 2. The largest absolute Gasteiger partial charge is 0.481 e. The second kappa shape index (κ2) is 12.9. The van der Waals surface area contributed by atoms with Crippen LogP contribution in [0.3, 0.4) is 0 Å². The molecular formula is C29H31F2N3O6S. The van der Waals surface area contributed by atoms with E-state index in [1.165, 1.54) is 30.6 Å². The standard InChI is InChI=1S/C29H31F2N3O6S/c1-38-25-7-2-18(15-32-25)22-6-5-21(40-28(30)31)14-23(22)24-16-41-29(33-24)34(20-3-4-20)27(37)19(13-26(35)36)12-17-8-10-39-11-9-17/h2,5-7,14-17,19-20,28H,3-4,8-13H2,1H3,(H,35,36)/t19-/m1/s1. The number of ether oxygens (including phenoxy) is 3. The number of methoxy groups -OCH3 is 1. The van der Waals surface area contributed by atoms with E-state index in [0.29, 0.717) is 53.0 Å². The minimum Gasteiger partial charge on any atom is -0.481 e. The van der Waals surface area contributed by atoms with Crippen LogP contribution in [0.5, 0.6) is 11.6 Å². The molecule has 2 aromatic heterocycles. The minimum absolute atomic E-state index is 0.0251. The van der Waals surface area contributed by atoms with Crippen molar-refractivity contribution in [3.8, 4) is 34.0 Å². The smallest absolute Gasteiger partial charge is 0.387 e. The maximum Gasteiger partial charge on any atom is 0.387 e. The van der Waals surface area contributed by atoms with Gasteiger partial charge in [0.15, 0.2) is 5.13 Å². The second-order valence-corrected chi connectivity index (χ2v) is 11.1. The summed E-state index contributed by atoms with van der Waals surface area (Å²) in [7, 11) is 1.51. The predicted molar refractivity (Wildman–Crippen MR) is 148 cm³/mol. The van der Waals surface area contributed by atoms with Gasteiger partial charge < -0.3 is 19.3 Å². The molecule has 12 heteroatoms. The number of anilines is 1. The Labute approximate surface area is 240 Å². The third-order valence-corrected chi connectivity index (χ3v) is 8.17. The lowest BCUT2D eigenvalue weighted by Gasteiger charge is -2.29. The number of carboxylic acids is 1. The van der Waals surface area contributed by atoms with E-state index >= 15 is 0 Å². The molecule has 218 valence electrons. The van der Waals surface area contributed by atoms with Gasteiger partial charge in [0.25, 0.3) is 0 Å². The quantitative estimate of drug-likeness (QED) is 0.280. The van der Waals surface area contributed by atoms with Crippen molar-refractivity contribution in [2.75, 3.05) is 25.2 Å². The van der Waals surface area contributed by atoms with Gasteiger partial charge in [-0.1, -0.05) is 0 Å². The van der Waals surface area contributed by atoms with Crippen LogP contribution in [0.2, 0.25) is 0 Å². The number of rotatable bonds is 12. The average molecular weight is 588 g/mol. The summed E-state index contributed by atoms with van der Waals surface area (Å²) in [4.78, 5) is 36.3. The average Bonchev–Trinajstić information content (AvgIpc) is 3.68. The van der Waals surface area contributed by atoms with Gasteiger partial charge in [-0.15, -0.1) is 11.3 Å². The van der Waals surface area contributed by atoms with E-state index in [-0.39, 0.29) is 30.0 Å². The van der Waals surface area contributed by atoms with Crippen molar-refractivity contribution in [2.24, 2.45) is 11.8 Å². The number of thiazole rings is 1. The second-order valence-electron chi connectivity index (χ2n) is 10.2. The zero-order valence-corrected chi connectivity index (χ0v) is 23.3. The lowest BCUT2D eigenvalue weighted by molar-refractivity contribution is -0.141. The Hall–Kier alpha value is -3.64. The predicted octanol–water partition coefficient (Wildman–Crippen LogP) is 5.89. The number of carboxylic acid groups (broad SMARTS) is 1. The van der Waals surface area contributed by atoms with E-state index < -0.39 is 18.5 Å². The summed E-state index contributed by atoms with van der Waals surface area (Å²) < 4.78 is 41.3. The Bertz CT molecular complexity index is 1360. The zero-order valence-electron chi connectivity index (χ0n) is 22.5. The highest BCUT2D eigenvalue weighted by Gasteiger charge is 2.40. The molecule has 0 unspecified atom stereocenters. The van der Waals surface area contributed by atoms with Crippen LogP contribution in [0.25, 0.3) is 22.4 Å². The Morgan fingerprint density at radius 1 is 1.15 bits per heavy atom. The van der Waals surface area contributed by atoms with E-state index in [1.807, 2.05) is 0 Å². The Morgan fingerprint density at radius 2 is 1.93 bits per heavy atom. The molecule has 1 N–H and O–H groups in total. The van der Waals surface area contributed by atoms with Gasteiger partial charge in [-0.25, -0.2) is 9.97 Å². The van der Waals surface area contributed by atoms with E-state index in [9.17, 15) is 23.5 Å². The normalized spacial score (nSPS) is 16.4. The van der Waals surface area contributed by atoms with Crippen molar-refractivity contribution >= 4 is 28.3 Å². The van der Waals surface area contributed by atoms with Crippen LogP contribution in [0.1, 0.15) is 38.5 Å². The summed E-state index contributed by atoms with van der Waals surface area (Å²) in [5, 5.41) is 11.8. The van der Waals surface area contributed by atoms with Crippen LogP contribution in [-0.4, -0.2) is 59.9 Å². The molecule has 0 spiro atoms. The number of pyridine rings is 1. The zero-order chi connectivity index (χ0) is 28.9. The van der Waals surface area contributed by atoms with Gasteiger partial charge in [-0.05, 0) is 67.9 Å². The Balaban J connectivity index is 1.47. The molecule has 3 aromatic rings. The number of aliphatic carboxylic acids is 1. The molecule has 1 aromatic carbocycles. The van der Waals surface area contributed by atoms with Gasteiger partial charge >= 0.3 is 12.6 Å². The molecule has 1 saturated carbocycles. The third-order valence-electron chi connectivity index (χ3n) is 7.33. The first kappa shape index (κ1) is 28.9. The van der Waals surface area contributed by atoms with Crippen molar-refractivity contribution in [2.45, 2.75) is 51.2 Å². The molecule has 2 aliphatic rings. The number of nitrogens with zero attached hydrogens (tertiary/aromatic N) is 3. The molecule has 1 aliphatic heterocycles. The summed E-state index contributed by atoms with van der Waals surface area (Å²) in [6.45, 7) is -1.77. The molecule has 1 amide bonds. The van der Waals surface area contributed by atoms with Gasteiger partial charge in [-0.2, -0.15) is 8.78 Å². The van der Waals surface area contributed by atoms with Crippen molar-refractivity contribution in [1.29, 1.82) is 0 Å². The maximum absolute atomic E-state index is 13.9. The van der Waals surface area contributed by atoms with Crippen LogP contribution < -0.4 is 14.4 Å². The van der Waals surface area contributed by atoms with E-state index in [2.05, 4.69) is 9.72 Å². The van der Waals surface area contributed by atoms with Crippen molar-refractivity contribution in [3.63, 3.8) is 0 Å². The molecule has 1 saturated heterocycles. The highest BCUT2D eigenvalue weighted by Crippen LogP contribution is 2.41. The molecule has 1 aliphatic carbocycles. The number of carbonyl (C=O) groups is 2. The highest BCUT2D eigenvalue weighted by atomic mass is 32.1. The van der Waals surface area contributed by atoms with E-state index in [0.717, 1.165) is 25.7 Å². The lowest BCUT2D eigenvalue weighted by Crippen LogP contribution is -2.40. The fraction of sp³-hybridized carbons (Fsp3) is 0.448. The topological polar surface area (TPSA) is 111 Å². The summed E-state index contributed by atoms with van der Waals surface area (Å²) in [6, 6.07) is 8.06. The monoisotopic (exact) mass is 587 g/mol. The fourth-order valence-corrected chi connectivity index (χ4v) is 6.05. The summed E-state index contributed by atoms with van der Waals surface area (Å²) in [5.41, 5.74) is 2.41. The van der Waals surface area contributed by atoms with Gasteiger partial charge in [0, 0.05) is 53.9 Å². The van der Waals surface area contributed by atoms with Crippen LogP contribution in [-0.2, 0) is 14.3 Å². The summed E-state index contributed by atoms with van der Waals surface area (Å²) in [6.07, 6.45) is 5.06. The molecule has 5 rings (SSSR count). The number of hydrogen-bond acceptors (Lipinski definition) is 8. The van der Waals surface area contributed by atoms with Crippen LogP contribution in [0.15, 0.2) is 41.9 Å². The molecule has 41 heavy (non-hydrogen) atoms. The summed E-state index contributed by atoms with van der Waals surface area (Å²) in [5.74, 6) is -1.30. The summed E-state index contributed by atoms with van der Waals surface area (Å²) >= 11 is 1.26. The molecular weight excluding hydrogens is 556 g/mol. The molecule has 3 heterocycles. The molecule has 2 fully saturated rings. The number of halogens is 2. The number of hydrogen-bond donors (Lipinski definition) is 1. The molecule has 0 radical (unpaired) electrons. The van der Waals surface area contributed by atoms with Gasteiger partial charge in [0.05, 0.1) is 19.2 Å². The number of benzene rings is 1. The molecule has 1 atom stereocenters. The van der Waals surface area contributed by atoms with Crippen molar-refractivity contribution < 1.29 is 37.7 Å². The van der Waals surface area contributed by atoms with Crippen molar-refractivity contribution in [3.05, 3.63) is 41.9 Å². The Kier molecular flexibility index (Phi) is 9.09. The van der Waals surface area contributed by atoms with Gasteiger partial charge in [0.1, 0.15) is 5.75 Å². The van der Waals surface area contributed by atoms with Gasteiger partial charge in [-0.3, -0.25) is 14.5 Å². The van der Waals surface area contributed by atoms with Crippen molar-refractivity contribution in [1.82, 2.24) is 9.97 Å². The SMILES string of the molecule is COc1ccc(-c2ccc(OC(F)F)cc2-c2csc(N(C(=O)[C@@H](CC(=O)O)CC3CCOCC3)C3CC3)n2)cn1. The van der Waals surface area contributed by atoms with Crippen LogP contribution in [0, 0.1) is 11.8 Å². The first-order valence-electron chi connectivity index (χ1n) is 13.5. The highest BCUT2D eigenvalue weighted by molar-refractivity contribution is 7.14. The van der Waals surface area contributed by atoms with Gasteiger partial charge in [0.2, 0.25) is 11.8 Å². The van der Waals surface area contributed by atoms with E-state index in [4.69, 9.17) is 14.5 Å². The first-order valence-corrected chi connectivity index (χ1v) is 14.4. The minimum atomic E-state index is -2.99. The van der Waals surface area contributed by atoms with E-state index in [1.54, 1.807) is 34.7 Å². The number of carbonyl (C=O) groups excluding carboxylic acids is 1. The third kappa shape index (κ3) is 7.17. The van der Waals surface area contributed by atoms with Crippen LogP contribution >= 0.6 is 11.3 Å². The lowest BCUT2D eigenvalue weighted by atomic mass is 9.86. The molecule has 0 bridgehead atoms. The maximum atomic E-state index is 13.9. The first-order chi connectivity index (χ1) is 19.8.